The molecule has 2 aliphatic carbocycles. The van der Waals surface area contributed by atoms with Crippen LogP contribution in [0.5, 0.6) is 0 Å². The number of unbranched alkanes of at least 4 members (excludes halogenated alkanes) is 8. The maximum atomic E-state index is 14.0. The van der Waals surface area contributed by atoms with Gasteiger partial charge in [0, 0.05) is 0 Å². The molecule has 1 amide bonds. The summed E-state index contributed by atoms with van der Waals surface area (Å²) in [6, 6.07) is 0. The van der Waals surface area contributed by atoms with Crippen LogP contribution in [-0.4, -0.2) is 12.6 Å². The molecule has 0 radical (unpaired) electrons. The molecular formula is C37H70NOSiTi. The topological polar surface area (TPSA) is 29.1 Å². The van der Waals surface area contributed by atoms with Gasteiger partial charge in [0.05, 0.1) is 0 Å². The standard InChI is InChI=1S/C22H39.C13H25NO.C2H7Si.Ti/c1-5-8-10-12-13-15-16-21-19(4)18-20(7-3)22(21)17-14-11-9-6-2;14-13(15)12-10-8-6-4-2-1-3-5-7-9-11-12;1-3-2;/h19H,5-17H2,1-4H3;12H,1-11H2,(H2,14,15);3H,1-2H3;/q;;;+1/p-1. The normalized spacial score (nSPS) is 19.9. The first-order valence-corrected chi connectivity index (χ1v) is 25.7. The monoisotopic (exact) mass is 620 g/mol. The van der Waals surface area contributed by atoms with Crippen molar-refractivity contribution in [1.29, 1.82) is 0 Å². The van der Waals surface area contributed by atoms with Crippen LogP contribution in [0.4, 0.5) is 0 Å². The number of amides is 1. The Morgan fingerprint density at radius 1 is 0.707 bits per heavy atom. The predicted molar refractivity (Wildman–Crippen MR) is 182 cm³/mol. The summed E-state index contributed by atoms with van der Waals surface area (Å²) in [5, 5.41) is 0. The zero-order valence-corrected chi connectivity index (χ0v) is 31.3. The van der Waals surface area contributed by atoms with E-state index in [1.807, 2.05) is 3.88 Å². The van der Waals surface area contributed by atoms with Gasteiger partial charge in [-0.25, -0.2) is 0 Å². The third kappa shape index (κ3) is 13.2. The van der Waals surface area contributed by atoms with E-state index in [2.05, 4.69) is 44.6 Å². The van der Waals surface area contributed by atoms with Gasteiger partial charge in [-0.15, -0.1) is 0 Å². The van der Waals surface area contributed by atoms with E-state index >= 15 is 0 Å². The summed E-state index contributed by atoms with van der Waals surface area (Å²) in [5.74, 6) is 1.31. The van der Waals surface area contributed by atoms with E-state index in [0.29, 0.717) is 11.8 Å². The Morgan fingerprint density at radius 2 is 1.20 bits per heavy atom. The number of rotatable bonds is 17. The summed E-state index contributed by atoms with van der Waals surface area (Å²) in [5.41, 5.74) is 5.29. The van der Waals surface area contributed by atoms with Gasteiger partial charge in [-0.3, -0.25) is 0 Å². The molecule has 2 nitrogen and oxygen atoms in total. The van der Waals surface area contributed by atoms with Crippen molar-refractivity contribution in [2.45, 2.75) is 195 Å². The molecule has 0 bridgehead atoms. The van der Waals surface area contributed by atoms with Crippen LogP contribution in [0.2, 0.25) is 13.1 Å². The number of nitrogens with one attached hydrogen (secondary N) is 1. The Kier molecular flexibility index (Phi) is 20.3. The van der Waals surface area contributed by atoms with Crippen molar-refractivity contribution in [1.82, 2.24) is 3.80 Å². The van der Waals surface area contributed by atoms with Gasteiger partial charge in [-0.05, 0) is 0 Å². The molecule has 237 valence electrons. The first-order valence-electron chi connectivity index (χ1n) is 18.6. The molecule has 41 heavy (non-hydrogen) atoms. The maximum absolute atomic E-state index is 14.0. The number of hydrogen-bond donors (Lipinski definition) is 1. The van der Waals surface area contributed by atoms with Gasteiger partial charge in [-0.2, -0.15) is 0 Å². The molecule has 0 saturated heterocycles. The van der Waals surface area contributed by atoms with E-state index < -0.39 is 24.0 Å². The minimum absolute atomic E-state index is 0.260. The molecule has 1 N–H and O–H groups in total. The van der Waals surface area contributed by atoms with Crippen molar-refractivity contribution in [3.63, 3.8) is 0 Å². The molecule has 0 aromatic heterocycles. The summed E-state index contributed by atoms with van der Waals surface area (Å²) < 4.78 is 5.76. The molecule has 0 aromatic carbocycles. The fourth-order valence-electron chi connectivity index (χ4n) is 7.54. The summed E-state index contributed by atoms with van der Waals surface area (Å²) in [4.78, 5) is 14.0. The molecule has 2 aliphatic rings. The van der Waals surface area contributed by atoms with Crippen LogP contribution in [0.25, 0.3) is 0 Å². The van der Waals surface area contributed by atoms with Gasteiger partial charge in [0.2, 0.25) is 0 Å². The van der Waals surface area contributed by atoms with Gasteiger partial charge >= 0.3 is 266 Å². The minimum atomic E-state index is -1.85. The molecule has 1 fully saturated rings. The van der Waals surface area contributed by atoms with Gasteiger partial charge < -0.3 is 0 Å². The van der Waals surface area contributed by atoms with Crippen molar-refractivity contribution in [2.75, 3.05) is 0 Å². The number of allylic oxidation sites excluding steroid dienone is 4. The Balaban J connectivity index is 2.21. The van der Waals surface area contributed by atoms with Crippen molar-refractivity contribution in [3.05, 3.63) is 20.6 Å². The van der Waals surface area contributed by atoms with Crippen molar-refractivity contribution in [2.24, 2.45) is 11.8 Å². The van der Waals surface area contributed by atoms with E-state index in [4.69, 9.17) is 0 Å². The molecule has 2 rings (SSSR count). The van der Waals surface area contributed by atoms with Crippen LogP contribution in [0.15, 0.2) is 20.6 Å². The quantitative estimate of drug-likeness (QED) is 0.127. The van der Waals surface area contributed by atoms with Crippen molar-refractivity contribution < 1.29 is 22.2 Å². The molecule has 0 aliphatic heterocycles. The zero-order valence-electron chi connectivity index (χ0n) is 28.6. The fourth-order valence-corrected chi connectivity index (χ4v) is 18.0. The van der Waals surface area contributed by atoms with E-state index in [1.54, 1.807) is 16.7 Å². The van der Waals surface area contributed by atoms with Crippen LogP contribution in [-0.2, 0) is 22.2 Å². The Morgan fingerprint density at radius 3 is 1.73 bits per heavy atom. The number of carbonyl (C=O) groups is 1. The third-order valence-corrected chi connectivity index (χ3v) is 21.4. The van der Waals surface area contributed by atoms with Crippen LogP contribution in [0, 0.1) is 11.8 Å². The number of hydrogen-bond acceptors (Lipinski definition) is 1. The third-order valence-electron chi connectivity index (χ3n) is 10.1. The van der Waals surface area contributed by atoms with E-state index in [-0.39, 0.29) is 5.92 Å². The van der Waals surface area contributed by atoms with Crippen LogP contribution < -0.4 is 3.80 Å². The van der Waals surface area contributed by atoms with E-state index in [9.17, 15) is 4.79 Å². The van der Waals surface area contributed by atoms with Crippen LogP contribution >= 0.6 is 0 Å². The molecule has 4 heteroatoms. The van der Waals surface area contributed by atoms with E-state index in [0.717, 1.165) is 12.8 Å². The van der Waals surface area contributed by atoms with Crippen LogP contribution in [0.3, 0.4) is 0 Å². The average Bonchev–Trinajstić information content (AvgIpc) is 3.21. The molecule has 0 aromatic rings. The Labute approximate surface area is 264 Å². The summed E-state index contributed by atoms with van der Waals surface area (Å²) in [7, 11) is 0. The average molecular weight is 621 g/mol. The first-order chi connectivity index (χ1) is 20.0. The summed E-state index contributed by atoms with van der Waals surface area (Å²) in [6.45, 7) is 13.7. The number of carbonyl (C=O) groups excluding carboxylic acids is 1. The molecular weight excluding hydrogens is 550 g/mol. The van der Waals surface area contributed by atoms with Gasteiger partial charge in [0.15, 0.2) is 0 Å². The molecule has 0 spiro atoms. The zero-order chi connectivity index (χ0) is 29.9. The Hall–Kier alpha value is -0.119. The Bertz CT molecular complexity index is 776. The van der Waals surface area contributed by atoms with Crippen molar-refractivity contribution in [3.8, 4) is 0 Å². The molecule has 1 saturated carbocycles. The predicted octanol–water partition coefficient (Wildman–Crippen LogP) is 11.9. The second-order valence-corrected chi connectivity index (χ2v) is 26.4. The summed E-state index contributed by atoms with van der Waals surface area (Å²) in [6.07, 6.45) is 31.7. The molecule has 0 heterocycles. The summed E-state index contributed by atoms with van der Waals surface area (Å²) >= 11 is -1.85. The fraction of sp³-hybridized carbons (Fsp3) is 0.865. The second-order valence-electron chi connectivity index (χ2n) is 13.8. The first kappa shape index (κ1) is 37.1. The van der Waals surface area contributed by atoms with Gasteiger partial charge in [0.25, 0.3) is 0 Å². The van der Waals surface area contributed by atoms with Crippen LogP contribution in [0.1, 0.15) is 182 Å². The van der Waals surface area contributed by atoms with Crippen molar-refractivity contribution >= 4 is 12.6 Å². The van der Waals surface area contributed by atoms with E-state index in [1.165, 1.54) is 141 Å². The SMILES string of the molecule is CCCCCCCCC1=C(CCCCCC)C(CC)=[C]([Ti]([NH]C(=O)C2CCCCCCCCCCC2)[SiH](C)C)C1C. The molecule has 1 atom stereocenters. The van der Waals surface area contributed by atoms with Gasteiger partial charge in [-0.1, -0.05) is 0 Å². The molecule has 1 unspecified atom stereocenters. The van der Waals surface area contributed by atoms with Gasteiger partial charge in [0.1, 0.15) is 0 Å². The second kappa shape index (κ2) is 22.4.